The number of rotatable bonds is 7. The summed E-state index contributed by atoms with van der Waals surface area (Å²) in [7, 11) is 3.15. The molecule has 0 heterocycles. The van der Waals surface area contributed by atoms with E-state index >= 15 is 0 Å². The molecule has 0 saturated heterocycles. The SMILES string of the molecule is COc1ccc(OC)c(C(C)NC(=O)CNC(=O)c2cc(C)cc(C)c2)c1. The molecule has 0 aliphatic carbocycles. The molecule has 2 amide bonds. The van der Waals surface area contributed by atoms with E-state index in [1.54, 1.807) is 38.5 Å². The number of hydrogen-bond acceptors (Lipinski definition) is 4. The minimum atomic E-state index is -0.305. The Kier molecular flexibility index (Phi) is 6.82. The molecule has 0 radical (unpaired) electrons. The van der Waals surface area contributed by atoms with Gasteiger partial charge in [-0.3, -0.25) is 9.59 Å². The van der Waals surface area contributed by atoms with Crippen LogP contribution >= 0.6 is 0 Å². The van der Waals surface area contributed by atoms with Crippen molar-refractivity contribution in [1.29, 1.82) is 0 Å². The molecule has 0 aliphatic rings. The maximum atomic E-state index is 12.3. The monoisotopic (exact) mass is 370 g/mol. The van der Waals surface area contributed by atoms with Crippen LogP contribution in [0.25, 0.3) is 0 Å². The maximum Gasteiger partial charge on any atom is 0.251 e. The first-order valence-electron chi connectivity index (χ1n) is 8.71. The average molecular weight is 370 g/mol. The minimum Gasteiger partial charge on any atom is -0.497 e. The van der Waals surface area contributed by atoms with Gasteiger partial charge in [0.05, 0.1) is 26.8 Å². The average Bonchev–Trinajstić information content (AvgIpc) is 2.64. The molecule has 1 atom stereocenters. The molecule has 0 bridgehead atoms. The van der Waals surface area contributed by atoms with E-state index in [0.29, 0.717) is 17.1 Å². The Balaban J connectivity index is 1.98. The molecule has 0 spiro atoms. The van der Waals surface area contributed by atoms with Gasteiger partial charge in [0, 0.05) is 11.1 Å². The quantitative estimate of drug-likeness (QED) is 0.786. The van der Waals surface area contributed by atoms with Crippen LogP contribution in [0.3, 0.4) is 0 Å². The fraction of sp³-hybridized carbons (Fsp3) is 0.333. The van der Waals surface area contributed by atoms with Crippen LogP contribution in [0.2, 0.25) is 0 Å². The molecule has 0 saturated carbocycles. The predicted octanol–water partition coefficient (Wildman–Crippen LogP) is 2.93. The van der Waals surface area contributed by atoms with Gasteiger partial charge in [-0.05, 0) is 51.1 Å². The van der Waals surface area contributed by atoms with Crippen molar-refractivity contribution >= 4 is 11.8 Å². The van der Waals surface area contributed by atoms with Gasteiger partial charge in [0.15, 0.2) is 0 Å². The van der Waals surface area contributed by atoms with Crippen molar-refractivity contribution < 1.29 is 19.1 Å². The van der Waals surface area contributed by atoms with Crippen LogP contribution in [0, 0.1) is 13.8 Å². The molecule has 0 aromatic heterocycles. The Morgan fingerprint density at radius 1 is 1.00 bits per heavy atom. The number of carbonyl (C=O) groups is 2. The molecular formula is C21H26N2O4. The van der Waals surface area contributed by atoms with E-state index in [1.807, 2.05) is 32.9 Å². The highest BCUT2D eigenvalue weighted by Gasteiger charge is 2.16. The summed E-state index contributed by atoms with van der Waals surface area (Å²) >= 11 is 0. The minimum absolute atomic E-state index is 0.109. The Morgan fingerprint density at radius 3 is 2.26 bits per heavy atom. The summed E-state index contributed by atoms with van der Waals surface area (Å²) in [6, 6.07) is 10.7. The Labute approximate surface area is 159 Å². The molecule has 27 heavy (non-hydrogen) atoms. The summed E-state index contributed by atoms with van der Waals surface area (Å²) in [5.41, 5.74) is 3.35. The molecule has 1 unspecified atom stereocenters. The topological polar surface area (TPSA) is 76.7 Å². The van der Waals surface area contributed by atoms with Gasteiger partial charge in [-0.15, -0.1) is 0 Å². The van der Waals surface area contributed by atoms with Crippen LogP contribution in [-0.4, -0.2) is 32.6 Å². The van der Waals surface area contributed by atoms with Gasteiger partial charge in [-0.2, -0.15) is 0 Å². The van der Waals surface area contributed by atoms with Gasteiger partial charge < -0.3 is 20.1 Å². The summed E-state index contributed by atoms with van der Waals surface area (Å²) in [6.45, 7) is 5.60. The molecule has 0 aliphatic heterocycles. The first kappa shape index (κ1) is 20.3. The molecule has 2 aromatic carbocycles. The Hall–Kier alpha value is -3.02. The second-order valence-corrected chi connectivity index (χ2v) is 6.46. The zero-order valence-electron chi connectivity index (χ0n) is 16.4. The van der Waals surface area contributed by atoms with E-state index in [1.165, 1.54) is 0 Å². The van der Waals surface area contributed by atoms with Crippen LogP contribution in [0.5, 0.6) is 11.5 Å². The van der Waals surface area contributed by atoms with E-state index < -0.39 is 0 Å². The van der Waals surface area contributed by atoms with Crippen LogP contribution < -0.4 is 20.1 Å². The van der Waals surface area contributed by atoms with Gasteiger partial charge >= 0.3 is 0 Å². The Bertz CT molecular complexity index is 813. The first-order chi connectivity index (χ1) is 12.8. The largest absolute Gasteiger partial charge is 0.497 e. The summed E-state index contributed by atoms with van der Waals surface area (Å²) in [5.74, 6) is 0.770. The van der Waals surface area contributed by atoms with Gasteiger partial charge in [0.2, 0.25) is 5.91 Å². The van der Waals surface area contributed by atoms with Crippen molar-refractivity contribution in [2.75, 3.05) is 20.8 Å². The van der Waals surface area contributed by atoms with Crippen molar-refractivity contribution in [3.8, 4) is 11.5 Å². The van der Waals surface area contributed by atoms with E-state index in [9.17, 15) is 9.59 Å². The number of nitrogens with one attached hydrogen (secondary N) is 2. The number of ether oxygens (including phenoxy) is 2. The highest BCUT2D eigenvalue weighted by Crippen LogP contribution is 2.29. The normalized spacial score (nSPS) is 11.4. The van der Waals surface area contributed by atoms with E-state index in [-0.39, 0.29) is 24.4 Å². The van der Waals surface area contributed by atoms with Crippen molar-refractivity contribution in [3.63, 3.8) is 0 Å². The lowest BCUT2D eigenvalue weighted by atomic mass is 10.1. The van der Waals surface area contributed by atoms with Gasteiger partial charge in [-0.1, -0.05) is 17.2 Å². The van der Waals surface area contributed by atoms with Crippen molar-refractivity contribution in [2.45, 2.75) is 26.8 Å². The molecule has 2 aromatic rings. The second kappa shape index (κ2) is 9.07. The summed E-state index contributed by atoms with van der Waals surface area (Å²) < 4.78 is 10.6. The van der Waals surface area contributed by atoms with E-state index in [4.69, 9.17) is 9.47 Å². The van der Waals surface area contributed by atoms with Crippen LogP contribution in [0.4, 0.5) is 0 Å². The summed E-state index contributed by atoms with van der Waals surface area (Å²) in [6.07, 6.45) is 0. The highest BCUT2D eigenvalue weighted by molar-refractivity contribution is 5.96. The third kappa shape index (κ3) is 5.48. The lowest BCUT2D eigenvalue weighted by molar-refractivity contribution is -0.120. The highest BCUT2D eigenvalue weighted by atomic mass is 16.5. The zero-order valence-corrected chi connectivity index (χ0v) is 16.4. The number of hydrogen-bond donors (Lipinski definition) is 2. The predicted molar refractivity (Wildman–Crippen MR) is 104 cm³/mol. The molecule has 2 rings (SSSR count). The van der Waals surface area contributed by atoms with Gasteiger partial charge in [-0.25, -0.2) is 0 Å². The molecule has 0 fully saturated rings. The third-order valence-electron chi connectivity index (χ3n) is 4.17. The van der Waals surface area contributed by atoms with Crippen molar-refractivity contribution in [1.82, 2.24) is 10.6 Å². The zero-order chi connectivity index (χ0) is 20.0. The molecule has 6 nitrogen and oxygen atoms in total. The molecule has 6 heteroatoms. The van der Waals surface area contributed by atoms with Crippen molar-refractivity contribution in [2.24, 2.45) is 0 Å². The van der Waals surface area contributed by atoms with Crippen LogP contribution in [0.15, 0.2) is 36.4 Å². The first-order valence-corrected chi connectivity index (χ1v) is 8.71. The van der Waals surface area contributed by atoms with Gasteiger partial charge in [0.25, 0.3) is 5.91 Å². The lowest BCUT2D eigenvalue weighted by Crippen LogP contribution is -2.38. The number of methoxy groups -OCH3 is 2. The van der Waals surface area contributed by atoms with Crippen molar-refractivity contribution in [3.05, 3.63) is 58.7 Å². The van der Waals surface area contributed by atoms with E-state index in [0.717, 1.165) is 16.7 Å². The fourth-order valence-electron chi connectivity index (χ4n) is 2.92. The number of carbonyl (C=O) groups excluding carboxylic acids is 2. The lowest BCUT2D eigenvalue weighted by Gasteiger charge is -2.18. The molecule has 2 N–H and O–H groups in total. The second-order valence-electron chi connectivity index (χ2n) is 6.46. The fourth-order valence-corrected chi connectivity index (χ4v) is 2.92. The van der Waals surface area contributed by atoms with Crippen LogP contribution in [0.1, 0.15) is 40.0 Å². The molecular weight excluding hydrogens is 344 g/mol. The third-order valence-corrected chi connectivity index (χ3v) is 4.17. The maximum absolute atomic E-state index is 12.3. The van der Waals surface area contributed by atoms with E-state index in [2.05, 4.69) is 10.6 Å². The van der Waals surface area contributed by atoms with Gasteiger partial charge in [0.1, 0.15) is 11.5 Å². The number of amides is 2. The summed E-state index contributed by atoms with van der Waals surface area (Å²) in [5, 5.41) is 5.52. The summed E-state index contributed by atoms with van der Waals surface area (Å²) in [4.78, 5) is 24.5. The standard InChI is InChI=1S/C21H26N2O4/c1-13-8-14(2)10-16(9-13)21(25)22-12-20(24)23-15(3)18-11-17(26-4)6-7-19(18)27-5/h6-11,15H,12H2,1-5H3,(H,22,25)(H,23,24). The number of aryl methyl sites for hydroxylation is 2. The Morgan fingerprint density at radius 2 is 1.67 bits per heavy atom. The smallest absolute Gasteiger partial charge is 0.251 e. The number of benzene rings is 2. The van der Waals surface area contributed by atoms with Crippen LogP contribution in [-0.2, 0) is 4.79 Å². The molecule has 144 valence electrons.